The largest absolute Gasteiger partial charge is 0.573 e. The first kappa shape index (κ1) is 88.2. The maximum Gasteiger partial charge on any atom is 0.573 e. The number of fused-ring (bicyclic) bond motifs is 3. The van der Waals surface area contributed by atoms with Crippen LogP contribution in [0.3, 0.4) is 0 Å². The van der Waals surface area contributed by atoms with E-state index in [1.54, 1.807) is 81.0 Å². The summed E-state index contributed by atoms with van der Waals surface area (Å²) in [5.41, 5.74) is 1.29. The molecule has 0 amide bonds. The van der Waals surface area contributed by atoms with Gasteiger partial charge in [-0.3, -0.25) is 46.6 Å². The smallest absolute Gasteiger partial charge is 0.508 e. The number of hydrogen-bond donors (Lipinski definition) is 5. The summed E-state index contributed by atoms with van der Waals surface area (Å²) in [6.07, 6.45) is -5.17. The number of carbonyl (C=O) groups is 2. The summed E-state index contributed by atoms with van der Waals surface area (Å²) in [6, 6.07) is 30.3. The van der Waals surface area contributed by atoms with Gasteiger partial charge in [-0.25, -0.2) is 34.1 Å². The van der Waals surface area contributed by atoms with E-state index in [9.17, 15) is 70.1 Å². The molecule has 0 spiro atoms. The Bertz CT molecular complexity index is 5430. The normalized spacial score (nSPS) is 11.3. The molecule has 1 atom stereocenters. The molecule has 11 rings (SSSR count). The fraction of sp³-hybridized carbons (Fsp3) is 0.254. The second-order valence-corrected chi connectivity index (χ2v) is 25.9. The minimum Gasteiger partial charge on any atom is -0.508 e. The Labute approximate surface area is 657 Å². The number of alkyl halides is 6. The number of benzene rings is 5. The number of ether oxygens (including phenoxy) is 4. The summed E-state index contributed by atoms with van der Waals surface area (Å²) < 4.78 is 98.9. The van der Waals surface area contributed by atoms with Crippen molar-refractivity contribution in [3.63, 3.8) is 0 Å². The maximum atomic E-state index is 13.5. The predicted molar refractivity (Wildman–Crippen MR) is 395 cm³/mol. The van der Waals surface area contributed by atoms with E-state index < -0.39 is 70.2 Å². The molecule has 5 N–H and O–H groups in total. The first-order valence-electron chi connectivity index (χ1n) is 31.8. The van der Waals surface area contributed by atoms with Crippen LogP contribution >= 0.6 is 66.7 Å². The number of aromatic hydroxyl groups is 1. The molecule has 38 heteroatoms. The molecule has 1 unspecified atom stereocenters. The van der Waals surface area contributed by atoms with Crippen molar-refractivity contribution < 1.29 is 99.9 Å². The topological polar surface area (TPSA) is 343 Å². The van der Waals surface area contributed by atoms with Crippen LogP contribution in [0.5, 0.6) is 28.7 Å². The molecule has 0 aliphatic carbocycles. The number of pyridine rings is 3. The van der Waals surface area contributed by atoms with Crippen molar-refractivity contribution in [2.24, 2.45) is 21.1 Å². The standard InChI is InChI=1S/C25H21ClF3N3O5.C19H17BrClN3O5.C19H19BrClN3O3.C7H5F3O2.CH2O2.Zn/c1-31-22-21(23(34)32(24(31)35)10-3-11-33)19(12-15-6-8-16(26)9-7-15)20(14-30-22)36-17-4-2-5-18(13-17)37-25(27,28)29;1-23-16-15(17(25)24(18(23)26)7-2-8-29-19(27)28)13(14(20)10-22-16)9-11-3-5-12(21)6-4-11;1-3-4-9-24-18(26)15-14(16(25)11-5-7-12(21)8-6-11)13(20)10-22-17(15)23(2)19(24)27;8-7(9,10)12-6-3-1-2-5(11)4-6;2-1-3;/h2,4-9,13-14,33H,3,10-12H2,1H3;3-6,10H,2,7-9H2,1H3,(H,27,28);5-8,10,16,25H,3-4,9H2,1-2H3;1-4,11H;1H,(H,2,3);. The van der Waals surface area contributed by atoms with E-state index in [0.29, 0.717) is 71.0 Å². The van der Waals surface area contributed by atoms with E-state index in [-0.39, 0.29) is 116 Å². The van der Waals surface area contributed by atoms with Gasteiger partial charge in [-0.2, -0.15) is 0 Å². The fourth-order valence-corrected chi connectivity index (χ4v) is 12.0. The quantitative estimate of drug-likeness (QED) is 0.0156. The SMILES string of the molecule is CCCCn1c(=O)c2c(C(O)c3ccc(Cl)cc3)c(Br)cnc2n(C)c1=O.Cn1c(=O)n(CCCO)c(=O)c2c(Cc3ccc(Cl)cc3)c(Oc3cccc(OC(F)(F)F)c3)cnc21.Cn1c(=O)n(CCCOC(=O)O)c(=O)c2c(Cc3ccc(Cl)cc3)c(Br)cnc21.O=CO.Oc1cccc(OC(F)(F)F)c1.[Zn]. The van der Waals surface area contributed by atoms with Gasteiger partial charge in [0.25, 0.3) is 23.2 Å². The van der Waals surface area contributed by atoms with E-state index in [1.807, 2.05) is 19.1 Å². The second-order valence-electron chi connectivity index (χ2n) is 22.9. The zero-order chi connectivity index (χ0) is 79.5. The van der Waals surface area contributed by atoms with E-state index in [4.69, 9.17) is 59.7 Å². The third kappa shape index (κ3) is 23.6. The summed E-state index contributed by atoms with van der Waals surface area (Å²) in [6.45, 7) is 1.74. The number of hydrogen-bond acceptors (Lipinski definition) is 18. The molecule has 6 heterocycles. The van der Waals surface area contributed by atoms with Crippen molar-refractivity contribution in [1.82, 2.24) is 42.4 Å². The number of phenolic OH excluding ortho intramolecular Hbond substituents is 1. The Hall–Kier alpha value is -9.74. The number of aliphatic hydroxyl groups is 2. The van der Waals surface area contributed by atoms with Gasteiger partial charge in [0.05, 0.1) is 29.0 Å². The molecule has 0 saturated carbocycles. The number of nitrogens with zero attached hydrogens (tertiary/aromatic N) is 9. The van der Waals surface area contributed by atoms with Crippen LogP contribution in [0.25, 0.3) is 33.1 Å². The van der Waals surface area contributed by atoms with E-state index in [0.717, 1.165) is 50.9 Å². The number of rotatable bonds is 20. The molecular formula is C71H64Br2Cl3F6N9O17Zn. The number of aliphatic hydroxyl groups excluding tert-OH is 2. The molecule has 6 aromatic heterocycles. The van der Waals surface area contributed by atoms with Gasteiger partial charge in [0.2, 0.25) is 0 Å². The molecule has 574 valence electrons. The van der Waals surface area contributed by atoms with Gasteiger partial charge in [0.1, 0.15) is 51.8 Å². The van der Waals surface area contributed by atoms with Gasteiger partial charge in [0.15, 0.2) is 0 Å². The minimum atomic E-state index is -4.88. The summed E-state index contributed by atoms with van der Waals surface area (Å²) in [4.78, 5) is 109. The van der Waals surface area contributed by atoms with Crippen molar-refractivity contribution in [2.75, 3.05) is 13.2 Å². The van der Waals surface area contributed by atoms with E-state index in [2.05, 4.69) is 61.0 Å². The molecule has 0 bridgehead atoms. The number of aromatic nitrogens is 9. The first-order chi connectivity index (χ1) is 51.1. The molecule has 5 aromatic carbocycles. The van der Waals surface area contributed by atoms with Crippen molar-refractivity contribution in [3.05, 3.63) is 260 Å². The Morgan fingerprint density at radius 3 is 1.45 bits per heavy atom. The fourth-order valence-electron chi connectivity index (χ4n) is 10.6. The third-order valence-electron chi connectivity index (χ3n) is 15.6. The molecule has 0 aliphatic rings. The molecule has 0 saturated heterocycles. The second kappa shape index (κ2) is 40.1. The van der Waals surface area contributed by atoms with Crippen molar-refractivity contribution in [1.29, 1.82) is 0 Å². The Morgan fingerprint density at radius 2 is 0.982 bits per heavy atom. The number of carboxylic acid groups (broad SMARTS) is 2. The average molecular weight is 1760 g/mol. The molecule has 109 heavy (non-hydrogen) atoms. The number of aryl methyl sites for hydroxylation is 3. The molecule has 0 fully saturated rings. The molecule has 11 aromatic rings. The Balaban J connectivity index is 0.000000234. The number of unbranched alkanes of at least 4 members (excludes halogenated alkanes) is 1. The molecule has 26 nitrogen and oxygen atoms in total. The number of phenols is 1. The van der Waals surface area contributed by atoms with Gasteiger partial charge < -0.3 is 44.5 Å². The van der Waals surface area contributed by atoms with Crippen LogP contribution in [0, 0.1) is 0 Å². The van der Waals surface area contributed by atoms with Crippen LogP contribution in [0.15, 0.2) is 178 Å². The summed E-state index contributed by atoms with van der Waals surface area (Å²) in [7, 11) is 4.59. The van der Waals surface area contributed by atoms with Crippen molar-refractivity contribution in [3.8, 4) is 28.7 Å². The van der Waals surface area contributed by atoms with E-state index >= 15 is 0 Å². The van der Waals surface area contributed by atoms with Crippen LogP contribution in [-0.4, -0.2) is 106 Å². The van der Waals surface area contributed by atoms with Crippen molar-refractivity contribution in [2.45, 2.75) is 83.9 Å². The van der Waals surface area contributed by atoms with Gasteiger partial charge >= 0.3 is 35.9 Å². The van der Waals surface area contributed by atoms with Crippen LogP contribution in [-0.2, 0) is 82.6 Å². The van der Waals surface area contributed by atoms with Gasteiger partial charge in [-0.15, -0.1) is 26.3 Å². The maximum absolute atomic E-state index is 13.5. The van der Waals surface area contributed by atoms with Crippen LogP contribution in [0.1, 0.15) is 72.1 Å². The summed E-state index contributed by atoms with van der Waals surface area (Å²) in [5, 5.41) is 46.7. The summed E-state index contributed by atoms with van der Waals surface area (Å²) in [5.74, 6) is -1.05. The first-order valence-corrected chi connectivity index (χ1v) is 34.6. The van der Waals surface area contributed by atoms with Crippen LogP contribution < -0.4 is 48.0 Å². The zero-order valence-electron chi connectivity index (χ0n) is 57.7. The van der Waals surface area contributed by atoms with Gasteiger partial charge in [-0.05, 0) is 140 Å². The third-order valence-corrected chi connectivity index (χ3v) is 17.6. The van der Waals surface area contributed by atoms with Crippen molar-refractivity contribution >= 4 is 112 Å². The van der Waals surface area contributed by atoms with Crippen LogP contribution in [0.2, 0.25) is 15.1 Å². The zero-order valence-corrected chi connectivity index (χ0v) is 66.1. The van der Waals surface area contributed by atoms with Gasteiger partial charge in [0, 0.05) is 133 Å². The molecule has 0 radical (unpaired) electrons. The molecular weight excluding hydrogens is 1700 g/mol. The van der Waals surface area contributed by atoms with E-state index in [1.165, 1.54) is 62.0 Å². The average Bonchev–Trinajstić information content (AvgIpc) is 0.766. The summed E-state index contributed by atoms with van der Waals surface area (Å²) >= 11 is 24.7. The van der Waals surface area contributed by atoms with Gasteiger partial charge in [-0.1, -0.05) is 96.7 Å². The minimum absolute atomic E-state index is 0. The Kier molecular flexibility index (Phi) is 32.4. The van der Waals surface area contributed by atoms with Crippen LogP contribution in [0.4, 0.5) is 31.1 Å². The number of halogens is 11. The Morgan fingerprint density at radius 1 is 0.578 bits per heavy atom. The molecule has 0 aliphatic heterocycles. The monoisotopic (exact) mass is 1760 g/mol. The predicted octanol–water partition coefficient (Wildman–Crippen LogP) is 13.0.